The zero-order chi connectivity index (χ0) is 13.1. The van der Waals surface area contributed by atoms with E-state index in [-0.39, 0.29) is 6.54 Å². The lowest BCUT2D eigenvalue weighted by Gasteiger charge is -2.11. The third-order valence-corrected chi connectivity index (χ3v) is 2.43. The van der Waals surface area contributed by atoms with Crippen LogP contribution in [0.5, 0.6) is 5.75 Å². The van der Waals surface area contributed by atoms with E-state index in [1.54, 1.807) is 23.5 Å². The van der Waals surface area contributed by atoms with Gasteiger partial charge in [-0.05, 0) is 18.2 Å². The van der Waals surface area contributed by atoms with Crippen LogP contribution >= 0.6 is 15.9 Å². The number of hydrogen-bond acceptors (Lipinski definition) is 2. The van der Waals surface area contributed by atoms with Gasteiger partial charge in [0.2, 0.25) is 0 Å². The number of benzene rings is 1. The Morgan fingerprint density at radius 2 is 2.12 bits per heavy atom. The highest BCUT2D eigenvalue weighted by atomic mass is 79.9. The molecule has 0 aliphatic carbocycles. The number of methoxy groups -OCH3 is 1. The number of hydrogen-bond donors (Lipinski definition) is 1. The minimum absolute atomic E-state index is 0.249. The molecule has 0 bridgehead atoms. The summed E-state index contributed by atoms with van der Waals surface area (Å²) in [5.41, 5.74) is 0.458. The first-order valence-electron chi connectivity index (χ1n) is 4.52. The van der Waals surface area contributed by atoms with Gasteiger partial charge in [0.25, 0.3) is 0 Å². The van der Waals surface area contributed by atoms with Crippen molar-refractivity contribution in [2.75, 3.05) is 7.11 Å². The van der Waals surface area contributed by atoms with Gasteiger partial charge in [-0.15, -0.1) is 0 Å². The monoisotopic (exact) mass is 311 g/mol. The Balaban J connectivity index is 2.75. The fraction of sp³-hybridized carbons (Fsp3) is 0.300. The van der Waals surface area contributed by atoms with Gasteiger partial charge >= 0.3 is 12.1 Å². The van der Waals surface area contributed by atoms with Crippen LogP contribution in [0.25, 0.3) is 0 Å². The van der Waals surface area contributed by atoms with E-state index in [4.69, 9.17) is 4.74 Å². The number of nitrogens with one attached hydrogen (secondary N) is 1. The Hall–Kier alpha value is -1.24. The maximum atomic E-state index is 12.0. The number of halogens is 4. The molecule has 0 spiro atoms. The molecule has 1 aromatic carbocycles. The number of alkyl halides is 3. The molecule has 3 nitrogen and oxygen atoms in total. The molecule has 0 saturated carbocycles. The molecule has 94 valence electrons. The predicted octanol–water partition coefficient (Wildman–Crippen LogP) is 2.64. The zero-order valence-electron chi connectivity index (χ0n) is 8.77. The summed E-state index contributed by atoms with van der Waals surface area (Å²) in [7, 11) is 1.40. The van der Waals surface area contributed by atoms with Gasteiger partial charge in [-0.3, -0.25) is 4.79 Å². The third kappa shape index (κ3) is 3.92. The lowest BCUT2D eigenvalue weighted by molar-refractivity contribution is -0.173. The number of rotatable bonds is 3. The first kappa shape index (κ1) is 13.8. The highest BCUT2D eigenvalue weighted by molar-refractivity contribution is 9.10. The van der Waals surface area contributed by atoms with Crippen LogP contribution in [0.1, 0.15) is 5.56 Å². The summed E-state index contributed by atoms with van der Waals surface area (Å²) >= 11 is 3.18. The van der Waals surface area contributed by atoms with Crippen molar-refractivity contribution in [1.29, 1.82) is 0 Å². The van der Waals surface area contributed by atoms with E-state index in [0.717, 1.165) is 0 Å². The van der Waals surface area contributed by atoms with Gasteiger partial charge < -0.3 is 10.1 Å². The molecular formula is C10H9BrF3NO2. The molecule has 0 unspecified atom stereocenters. The Labute approximate surface area is 104 Å². The molecule has 1 N–H and O–H groups in total. The fourth-order valence-electron chi connectivity index (χ4n) is 1.16. The van der Waals surface area contributed by atoms with Crippen molar-refractivity contribution in [3.05, 3.63) is 28.2 Å². The van der Waals surface area contributed by atoms with Gasteiger partial charge in [0.05, 0.1) is 7.11 Å². The molecule has 0 heterocycles. The minimum Gasteiger partial charge on any atom is -0.496 e. The normalized spacial score (nSPS) is 11.1. The minimum atomic E-state index is -4.88. The Morgan fingerprint density at radius 3 is 2.65 bits per heavy atom. The van der Waals surface area contributed by atoms with Crippen LogP contribution < -0.4 is 10.1 Å². The molecule has 0 fully saturated rings. The fourth-order valence-corrected chi connectivity index (χ4v) is 1.57. The SMILES string of the molecule is COc1ccc(Br)cc1CNC(=O)C(F)(F)F. The van der Waals surface area contributed by atoms with Crippen molar-refractivity contribution in [3.8, 4) is 5.75 Å². The van der Waals surface area contributed by atoms with Crippen molar-refractivity contribution in [3.63, 3.8) is 0 Å². The van der Waals surface area contributed by atoms with Crippen LogP contribution in [0.4, 0.5) is 13.2 Å². The lowest BCUT2D eigenvalue weighted by atomic mass is 10.2. The number of amides is 1. The quantitative estimate of drug-likeness (QED) is 0.932. The van der Waals surface area contributed by atoms with Gasteiger partial charge in [0.15, 0.2) is 0 Å². The second kappa shape index (κ2) is 5.39. The Morgan fingerprint density at radius 1 is 1.47 bits per heavy atom. The van der Waals surface area contributed by atoms with Crippen molar-refractivity contribution in [2.24, 2.45) is 0 Å². The highest BCUT2D eigenvalue weighted by Crippen LogP contribution is 2.23. The first-order chi connectivity index (χ1) is 7.84. The van der Waals surface area contributed by atoms with E-state index in [1.165, 1.54) is 7.11 Å². The maximum Gasteiger partial charge on any atom is 0.471 e. The van der Waals surface area contributed by atoms with Crippen LogP contribution in [0.2, 0.25) is 0 Å². The maximum absolute atomic E-state index is 12.0. The molecule has 17 heavy (non-hydrogen) atoms. The van der Waals surface area contributed by atoms with Crippen LogP contribution in [0.15, 0.2) is 22.7 Å². The number of ether oxygens (including phenoxy) is 1. The summed E-state index contributed by atoms with van der Waals surface area (Å²) in [5.74, 6) is -1.56. The average Bonchev–Trinajstić information content (AvgIpc) is 2.24. The van der Waals surface area contributed by atoms with Crippen molar-refractivity contribution in [1.82, 2.24) is 5.32 Å². The molecule has 1 amide bonds. The molecule has 0 aliphatic heterocycles. The van der Waals surface area contributed by atoms with Gasteiger partial charge in [-0.1, -0.05) is 15.9 Å². The van der Waals surface area contributed by atoms with Gasteiger partial charge in [0, 0.05) is 16.6 Å². The van der Waals surface area contributed by atoms with Crippen LogP contribution in [-0.4, -0.2) is 19.2 Å². The standard InChI is InChI=1S/C10H9BrF3NO2/c1-17-8-3-2-7(11)4-6(8)5-15-9(16)10(12,13)14/h2-4H,5H2,1H3,(H,15,16). The predicted molar refractivity (Wildman–Crippen MR) is 58.6 cm³/mol. The Bertz CT molecular complexity index is 421. The van der Waals surface area contributed by atoms with E-state index in [0.29, 0.717) is 15.8 Å². The zero-order valence-corrected chi connectivity index (χ0v) is 10.4. The molecule has 1 rings (SSSR count). The van der Waals surface area contributed by atoms with E-state index in [1.807, 2.05) is 0 Å². The van der Waals surface area contributed by atoms with E-state index >= 15 is 0 Å². The molecule has 1 aromatic rings. The summed E-state index contributed by atoms with van der Waals surface area (Å²) < 4.78 is 41.5. The number of carbonyl (C=O) groups excluding carboxylic acids is 1. The molecule has 0 aromatic heterocycles. The summed E-state index contributed by atoms with van der Waals surface area (Å²) in [6.07, 6.45) is -4.88. The lowest BCUT2D eigenvalue weighted by Crippen LogP contribution is -2.36. The number of carbonyl (C=O) groups is 1. The molecule has 0 atom stereocenters. The van der Waals surface area contributed by atoms with Crippen LogP contribution in [0, 0.1) is 0 Å². The smallest absolute Gasteiger partial charge is 0.471 e. The van der Waals surface area contributed by atoms with Crippen molar-refractivity contribution in [2.45, 2.75) is 12.7 Å². The largest absolute Gasteiger partial charge is 0.496 e. The summed E-state index contributed by atoms with van der Waals surface area (Å²) in [5, 5.41) is 1.78. The van der Waals surface area contributed by atoms with E-state index < -0.39 is 12.1 Å². The summed E-state index contributed by atoms with van der Waals surface area (Å²) in [6, 6.07) is 4.86. The second-order valence-electron chi connectivity index (χ2n) is 3.14. The van der Waals surface area contributed by atoms with Crippen molar-refractivity contribution >= 4 is 21.8 Å². The molecular weight excluding hydrogens is 303 g/mol. The molecule has 0 radical (unpaired) electrons. The van der Waals surface area contributed by atoms with Gasteiger partial charge in [0.1, 0.15) is 5.75 Å². The molecule has 7 heteroatoms. The summed E-state index contributed by atoms with van der Waals surface area (Å²) in [6.45, 7) is -0.249. The summed E-state index contributed by atoms with van der Waals surface area (Å²) in [4.78, 5) is 10.6. The first-order valence-corrected chi connectivity index (χ1v) is 5.31. The third-order valence-electron chi connectivity index (χ3n) is 1.94. The van der Waals surface area contributed by atoms with E-state index in [9.17, 15) is 18.0 Å². The van der Waals surface area contributed by atoms with Crippen LogP contribution in [-0.2, 0) is 11.3 Å². The molecule has 0 saturated heterocycles. The van der Waals surface area contributed by atoms with Crippen molar-refractivity contribution < 1.29 is 22.7 Å². The van der Waals surface area contributed by atoms with Gasteiger partial charge in [-0.2, -0.15) is 13.2 Å². The average molecular weight is 312 g/mol. The van der Waals surface area contributed by atoms with Gasteiger partial charge in [-0.25, -0.2) is 0 Å². The second-order valence-corrected chi connectivity index (χ2v) is 4.05. The Kier molecular flexibility index (Phi) is 4.39. The van der Waals surface area contributed by atoms with E-state index in [2.05, 4.69) is 15.9 Å². The highest BCUT2D eigenvalue weighted by Gasteiger charge is 2.38. The topological polar surface area (TPSA) is 38.3 Å². The molecule has 0 aliphatic rings. The van der Waals surface area contributed by atoms with Crippen LogP contribution in [0.3, 0.4) is 0 Å².